The molecule has 0 heterocycles. The number of methoxy groups -OCH3 is 2. The van der Waals surface area contributed by atoms with Gasteiger partial charge in [-0.3, -0.25) is 4.72 Å². The van der Waals surface area contributed by atoms with Crippen molar-refractivity contribution < 1.29 is 27.5 Å². The van der Waals surface area contributed by atoms with Crippen molar-refractivity contribution in [2.75, 3.05) is 18.9 Å². The minimum Gasteiger partial charge on any atom is -0.465 e. The van der Waals surface area contributed by atoms with Crippen LogP contribution in [0.3, 0.4) is 0 Å². The number of carbonyl (C=O) groups is 2. The van der Waals surface area contributed by atoms with Gasteiger partial charge in [-0.05, 0) is 41.8 Å². The highest BCUT2D eigenvalue weighted by Gasteiger charge is 2.25. The fraction of sp³-hybridized carbons (Fsp3) is 0.263. The number of carbonyl (C=O) groups excluding carboxylic acids is 2. The van der Waals surface area contributed by atoms with Crippen LogP contribution in [0.15, 0.2) is 47.4 Å². The maximum atomic E-state index is 12.9. The number of esters is 2. The summed E-state index contributed by atoms with van der Waals surface area (Å²) in [5.41, 5.74) is 1.21. The average Bonchev–Trinajstić information content (AvgIpc) is 2.66. The molecule has 0 aliphatic carbocycles. The van der Waals surface area contributed by atoms with Gasteiger partial charge >= 0.3 is 11.9 Å². The molecule has 0 amide bonds. The predicted octanol–water partition coefficient (Wildman–Crippen LogP) is 3.18. The third-order valence-corrected chi connectivity index (χ3v) is 5.35. The molecule has 0 aromatic heterocycles. The molecule has 1 N–H and O–H groups in total. The molecule has 0 bridgehead atoms. The van der Waals surface area contributed by atoms with E-state index in [0.29, 0.717) is 11.6 Å². The summed E-state index contributed by atoms with van der Waals surface area (Å²) in [7, 11) is -1.83. The van der Waals surface area contributed by atoms with Crippen LogP contribution < -0.4 is 4.72 Å². The quantitative estimate of drug-likeness (QED) is 0.760. The van der Waals surface area contributed by atoms with Crippen LogP contribution in [0.4, 0.5) is 5.69 Å². The fourth-order valence-electron chi connectivity index (χ4n) is 2.41. The number of nitrogens with one attached hydrogen (secondary N) is 1. The monoisotopic (exact) mass is 391 g/mol. The highest BCUT2D eigenvalue weighted by atomic mass is 32.2. The second kappa shape index (κ2) is 8.22. The highest BCUT2D eigenvalue weighted by Crippen LogP contribution is 2.24. The Balaban J connectivity index is 2.48. The summed E-state index contributed by atoms with van der Waals surface area (Å²) in [5, 5.41) is 0. The zero-order chi connectivity index (χ0) is 20.2. The Morgan fingerprint density at radius 3 is 2.04 bits per heavy atom. The minimum atomic E-state index is -4.16. The molecule has 0 saturated heterocycles. The molecule has 2 aromatic rings. The topological polar surface area (TPSA) is 98.8 Å². The van der Waals surface area contributed by atoms with E-state index in [-0.39, 0.29) is 16.0 Å². The van der Waals surface area contributed by atoms with E-state index in [0.717, 1.165) is 18.7 Å². The van der Waals surface area contributed by atoms with Gasteiger partial charge in [-0.15, -0.1) is 0 Å². The summed E-state index contributed by atoms with van der Waals surface area (Å²) in [6.07, 6.45) is 0. The van der Waals surface area contributed by atoms with Gasteiger partial charge in [-0.1, -0.05) is 26.0 Å². The maximum absolute atomic E-state index is 12.9. The third-order valence-electron chi connectivity index (χ3n) is 3.93. The lowest BCUT2D eigenvalue weighted by molar-refractivity contribution is 0.0583. The zero-order valence-corrected chi connectivity index (χ0v) is 16.3. The van der Waals surface area contributed by atoms with E-state index >= 15 is 0 Å². The van der Waals surface area contributed by atoms with E-state index in [1.54, 1.807) is 12.1 Å². The Bertz CT molecular complexity index is 949. The molecular formula is C19H21NO6S. The van der Waals surface area contributed by atoms with Crippen molar-refractivity contribution in [1.82, 2.24) is 0 Å². The van der Waals surface area contributed by atoms with E-state index in [9.17, 15) is 18.0 Å². The van der Waals surface area contributed by atoms with E-state index in [1.807, 2.05) is 26.0 Å². The first kappa shape index (κ1) is 20.4. The molecule has 0 aliphatic rings. The van der Waals surface area contributed by atoms with Gasteiger partial charge in [0.2, 0.25) is 0 Å². The van der Waals surface area contributed by atoms with Crippen molar-refractivity contribution in [1.29, 1.82) is 0 Å². The summed E-state index contributed by atoms with van der Waals surface area (Å²) >= 11 is 0. The molecular weight excluding hydrogens is 370 g/mol. The predicted molar refractivity (Wildman–Crippen MR) is 100 cm³/mol. The molecule has 27 heavy (non-hydrogen) atoms. The van der Waals surface area contributed by atoms with Crippen LogP contribution in [0.25, 0.3) is 0 Å². The van der Waals surface area contributed by atoms with Crippen molar-refractivity contribution in [2.45, 2.75) is 24.7 Å². The van der Waals surface area contributed by atoms with E-state index in [1.165, 1.54) is 19.2 Å². The molecule has 0 spiro atoms. The lowest BCUT2D eigenvalue weighted by Gasteiger charge is -2.13. The molecule has 0 fully saturated rings. The summed E-state index contributed by atoms with van der Waals surface area (Å²) in [6, 6.07) is 10.5. The van der Waals surface area contributed by atoms with Gasteiger partial charge < -0.3 is 9.47 Å². The summed E-state index contributed by atoms with van der Waals surface area (Å²) < 4.78 is 37.4. The largest absolute Gasteiger partial charge is 0.465 e. The molecule has 0 aliphatic heterocycles. The van der Waals surface area contributed by atoms with Crippen LogP contribution >= 0.6 is 0 Å². The van der Waals surface area contributed by atoms with Crippen molar-refractivity contribution in [3.8, 4) is 0 Å². The first-order valence-electron chi connectivity index (χ1n) is 8.13. The number of rotatable bonds is 6. The van der Waals surface area contributed by atoms with Crippen LogP contribution in [0.1, 0.15) is 46.0 Å². The van der Waals surface area contributed by atoms with Crippen LogP contribution in [-0.2, 0) is 19.5 Å². The lowest BCUT2D eigenvalue weighted by Crippen LogP contribution is -2.18. The van der Waals surface area contributed by atoms with Gasteiger partial charge in [0, 0.05) is 5.69 Å². The molecule has 8 heteroatoms. The smallest absolute Gasteiger partial charge is 0.339 e. The Kier molecular flexibility index (Phi) is 6.22. The number of hydrogen-bond donors (Lipinski definition) is 1. The molecule has 2 aromatic carbocycles. The van der Waals surface area contributed by atoms with Gasteiger partial charge in [0.1, 0.15) is 4.90 Å². The second-order valence-electron chi connectivity index (χ2n) is 6.08. The summed E-state index contributed by atoms with van der Waals surface area (Å²) in [5.74, 6) is -1.25. The Hall–Kier alpha value is -2.87. The van der Waals surface area contributed by atoms with Crippen LogP contribution in [0.5, 0.6) is 0 Å². The van der Waals surface area contributed by atoms with E-state index in [4.69, 9.17) is 0 Å². The Morgan fingerprint density at radius 1 is 0.926 bits per heavy atom. The highest BCUT2D eigenvalue weighted by molar-refractivity contribution is 7.92. The molecule has 0 atom stereocenters. The molecule has 2 rings (SSSR count). The molecule has 7 nitrogen and oxygen atoms in total. The molecule has 144 valence electrons. The van der Waals surface area contributed by atoms with Crippen molar-refractivity contribution in [2.24, 2.45) is 0 Å². The number of hydrogen-bond acceptors (Lipinski definition) is 6. The third kappa shape index (κ3) is 4.65. The molecule has 0 unspecified atom stereocenters. The second-order valence-corrected chi connectivity index (χ2v) is 7.73. The van der Waals surface area contributed by atoms with Crippen LogP contribution in [0, 0.1) is 0 Å². The Morgan fingerprint density at radius 2 is 1.52 bits per heavy atom. The van der Waals surface area contributed by atoms with Gasteiger partial charge in [-0.25, -0.2) is 18.0 Å². The normalized spacial score (nSPS) is 11.1. The van der Waals surface area contributed by atoms with Crippen LogP contribution in [0.2, 0.25) is 0 Å². The number of ether oxygens (including phenoxy) is 2. The van der Waals surface area contributed by atoms with Crippen LogP contribution in [-0.4, -0.2) is 34.6 Å². The molecule has 0 saturated carbocycles. The van der Waals surface area contributed by atoms with Crippen molar-refractivity contribution in [3.05, 3.63) is 59.2 Å². The van der Waals surface area contributed by atoms with Gasteiger partial charge in [0.25, 0.3) is 10.0 Å². The van der Waals surface area contributed by atoms with Gasteiger partial charge in [0.05, 0.1) is 25.3 Å². The minimum absolute atomic E-state index is 0.000633. The number of sulfonamides is 1. The maximum Gasteiger partial charge on any atom is 0.339 e. The number of anilines is 1. The van der Waals surface area contributed by atoms with E-state index in [2.05, 4.69) is 14.2 Å². The Labute approximate surface area is 158 Å². The van der Waals surface area contributed by atoms with E-state index < -0.39 is 22.0 Å². The average molecular weight is 391 g/mol. The standard InChI is InChI=1S/C19H21NO6S/c1-12(2)13-5-8-15(9-6-13)20-27(23,24)17-11-14(18(21)25-3)7-10-16(17)19(22)26-4/h5-12,20H,1-4H3. The van der Waals surface area contributed by atoms with Gasteiger partial charge in [0.15, 0.2) is 0 Å². The molecule has 0 radical (unpaired) electrons. The summed E-state index contributed by atoms with van der Waals surface area (Å²) in [4.78, 5) is 23.4. The first-order chi connectivity index (χ1) is 12.7. The first-order valence-corrected chi connectivity index (χ1v) is 9.61. The summed E-state index contributed by atoms with van der Waals surface area (Å²) in [6.45, 7) is 4.06. The van der Waals surface area contributed by atoms with Gasteiger partial charge in [-0.2, -0.15) is 0 Å². The SMILES string of the molecule is COC(=O)c1ccc(C(=O)OC)c(S(=O)(=O)Nc2ccc(C(C)C)cc2)c1. The zero-order valence-electron chi connectivity index (χ0n) is 15.5. The fourth-order valence-corrected chi connectivity index (χ4v) is 3.69. The van der Waals surface area contributed by atoms with Crippen molar-refractivity contribution >= 4 is 27.6 Å². The lowest BCUT2D eigenvalue weighted by atomic mass is 10.0. The number of benzene rings is 2. The van der Waals surface area contributed by atoms with Crippen molar-refractivity contribution in [3.63, 3.8) is 0 Å².